The van der Waals surface area contributed by atoms with Crippen molar-refractivity contribution in [1.29, 1.82) is 0 Å². The maximum Gasteiger partial charge on any atom is 0.261 e. The summed E-state index contributed by atoms with van der Waals surface area (Å²) in [4.78, 5) is 16.3. The summed E-state index contributed by atoms with van der Waals surface area (Å²) in [6, 6.07) is 7.36. The van der Waals surface area contributed by atoms with E-state index in [9.17, 15) is 4.79 Å². The smallest absolute Gasteiger partial charge is 0.261 e. The van der Waals surface area contributed by atoms with Crippen LogP contribution in [-0.2, 0) is 7.05 Å². The number of carbonyl (C=O) groups excluding carboxylic acids is 1. The van der Waals surface area contributed by atoms with Crippen LogP contribution in [0.4, 0.5) is 5.69 Å². The van der Waals surface area contributed by atoms with E-state index in [0.717, 1.165) is 5.82 Å². The van der Waals surface area contributed by atoms with Crippen LogP contribution in [0.2, 0.25) is 0 Å². The highest BCUT2D eigenvalue weighted by molar-refractivity contribution is 6.06. The molecule has 3 rings (SSSR count). The molecule has 0 aliphatic heterocycles. The van der Waals surface area contributed by atoms with Gasteiger partial charge in [-0.25, -0.2) is 0 Å². The molecule has 1 N–H and O–H groups in total. The second-order valence-corrected chi connectivity index (χ2v) is 4.29. The number of hydrogen-bond acceptors (Lipinski definition) is 3. The Morgan fingerprint density at radius 3 is 2.70 bits per heavy atom. The molecule has 6 heteroatoms. The van der Waals surface area contributed by atoms with Gasteiger partial charge in [-0.05, 0) is 24.3 Å². The van der Waals surface area contributed by atoms with Gasteiger partial charge >= 0.3 is 0 Å². The summed E-state index contributed by atoms with van der Waals surface area (Å²) in [6.45, 7) is 0. The Morgan fingerprint density at radius 2 is 2.00 bits per heavy atom. The monoisotopic (exact) mass is 267 g/mol. The highest BCUT2D eigenvalue weighted by atomic mass is 16.1. The zero-order chi connectivity index (χ0) is 13.9. The van der Waals surface area contributed by atoms with E-state index in [2.05, 4.69) is 15.4 Å². The van der Waals surface area contributed by atoms with Gasteiger partial charge in [0.25, 0.3) is 5.91 Å². The van der Waals surface area contributed by atoms with Crippen molar-refractivity contribution in [2.24, 2.45) is 7.05 Å². The van der Waals surface area contributed by atoms with Crippen LogP contribution in [0.3, 0.4) is 0 Å². The molecule has 0 saturated carbocycles. The van der Waals surface area contributed by atoms with E-state index < -0.39 is 0 Å². The number of hydrogen-bond donors (Lipinski definition) is 1. The third-order valence-electron chi connectivity index (χ3n) is 2.92. The number of amides is 1. The van der Waals surface area contributed by atoms with Gasteiger partial charge in [0, 0.05) is 25.6 Å². The number of aromatic nitrogens is 4. The Kier molecular flexibility index (Phi) is 3.04. The fourth-order valence-corrected chi connectivity index (χ4v) is 2.01. The largest absolute Gasteiger partial charge is 0.320 e. The highest BCUT2D eigenvalue weighted by Gasteiger charge is 2.17. The highest BCUT2D eigenvalue weighted by Crippen LogP contribution is 2.15. The summed E-state index contributed by atoms with van der Waals surface area (Å²) in [6.07, 6.45) is 8.56. The summed E-state index contributed by atoms with van der Waals surface area (Å²) in [5.74, 6) is 0.506. The molecule has 0 bridgehead atoms. The molecule has 0 aromatic carbocycles. The molecule has 0 fully saturated rings. The number of aryl methyl sites for hydroxylation is 1. The Morgan fingerprint density at radius 1 is 1.20 bits per heavy atom. The van der Waals surface area contributed by atoms with Gasteiger partial charge in [-0.2, -0.15) is 5.10 Å². The van der Waals surface area contributed by atoms with Gasteiger partial charge in [0.15, 0.2) is 0 Å². The molecule has 0 unspecified atom stereocenters. The van der Waals surface area contributed by atoms with E-state index in [1.54, 1.807) is 42.5 Å². The molecule has 0 saturated heterocycles. The van der Waals surface area contributed by atoms with Gasteiger partial charge in [0.1, 0.15) is 11.4 Å². The minimum atomic E-state index is -0.213. The van der Waals surface area contributed by atoms with Crippen LogP contribution in [0.25, 0.3) is 5.82 Å². The molecule has 0 aliphatic rings. The first kappa shape index (κ1) is 12.2. The molecule has 3 aromatic rings. The van der Waals surface area contributed by atoms with Crippen LogP contribution in [0.1, 0.15) is 10.4 Å². The molecule has 1 amide bonds. The predicted molar refractivity (Wildman–Crippen MR) is 74.7 cm³/mol. The molecule has 0 aliphatic carbocycles. The van der Waals surface area contributed by atoms with E-state index in [1.807, 2.05) is 29.1 Å². The van der Waals surface area contributed by atoms with Crippen molar-refractivity contribution in [3.63, 3.8) is 0 Å². The minimum Gasteiger partial charge on any atom is -0.320 e. The van der Waals surface area contributed by atoms with Gasteiger partial charge in [-0.15, -0.1) is 0 Å². The van der Waals surface area contributed by atoms with Gasteiger partial charge in [0.2, 0.25) is 0 Å². The fraction of sp³-hybridized carbons (Fsp3) is 0.0714. The normalized spacial score (nSPS) is 10.4. The molecule has 0 radical (unpaired) electrons. The molecule has 3 aromatic heterocycles. The van der Waals surface area contributed by atoms with Crippen LogP contribution in [0.5, 0.6) is 0 Å². The Hall–Kier alpha value is -2.89. The Labute approximate surface area is 115 Å². The first-order valence-electron chi connectivity index (χ1n) is 6.12. The molecule has 0 spiro atoms. The first-order chi connectivity index (χ1) is 9.75. The molecular weight excluding hydrogens is 254 g/mol. The zero-order valence-electron chi connectivity index (χ0n) is 10.9. The molecule has 20 heavy (non-hydrogen) atoms. The number of carbonyl (C=O) groups is 1. The van der Waals surface area contributed by atoms with Crippen LogP contribution in [0.15, 0.2) is 55.2 Å². The maximum atomic E-state index is 12.3. The van der Waals surface area contributed by atoms with E-state index >= 15 is 0 Å². The Bertz CT molecular complexity index is 715. The Balaban J connectivity index is 1.93. The summed E-state index contributed by atoms with van der Waals surface area (Å²) in [7, 11) is 1.80. The quantitative estimate of drug-likeness (QED) is 0.787. The fourth-order valence-electron chi connectivity index (χ4n) is 2.01. The zero-order valence-corrected chi connectivity index (χ0v) is 10.9. The summed E-state index contributed by atoms with van der Waals surface area (Å²) >= 11 is 0. The average molecular weight is 267 g/mol. The van der Waals surface area contributed by atoms with Crippen molar-refractivity contribution in [1.82, 2.24) is 19.3 Å². The third-order valence-corrected chi connectivity index (χ3v) is 2.92. The van der Waals surface area contributed by atoms with E-state index in [-0.39, 0.29) is 5.91 Å². The topological polar surface area (TPSA) is 64.7 Å². The SMILES string of the molecule is Cn1ncc(C(=O)Nc2cccnc2)c1-n1cccc1. The van der Waals surface area contributed by atoms with E-state index in [0.29, 0.717) is 11.3 Å². The lowest BCUT2D eigenvalue weighted by atomic mass is 10.3. The number of nitrogens with zero attached hydrogens (tertiary/aromatic N) is 4. The van der Waals surface area contributed by atoms with Gasteiger partial charge in [0.05, 0.1) is 18.1 Å². The third kappa shape index (κ3) is 2.18. The lowest BCUT2D eigenvalue weighted by molar-refractivity contribution is 0.102. The van der Waals surface area contributed by atoms with Gasteiger partial charge < -0.3 is 9.88 Å². The molecule has 0 atom stereocenters. The second-order valence-electron chi connectivity index (χ2n) is 4.29. The minimum absolute atomic E-state index is 0.213. The molecule has 6 nitrogen and oxygen atoms in total. The standard InChI is InChI=1S/C14H13N5O/c1-18-14(19-7-2-3-8-19)12(10-16-18)13(20)17-11-5-4-6-15-9-11/h2-10H,1H3,(H,17,20). The van der Waals surface area contributed by atoms with Gasteiger partial charge in [-0.3, -0.25) is 14.5 Å². The van der Waals surface area contributed by atoms with Gasteiger partial charge in [-0.1, -0.05) is 0 Å². The lowest BCUT2D eigenvalue weighted by Crippen LogP contribution is -2.15. The summed E-state index contributed by atoms with van der Waals surface area (Å²) < 4.78 is 3.52. The van der Waals surface area contributed by atoms with Crippen molar-refractivity contribution in [2.45, 2.75) is 0 Å². The van der Waals surface area contributed by atoms with Crippen LogP contribution in [-0.4, -0.2) is 25.2 Å². The lowest BCUT2D eigenvalue weighted by Gasteiger charge is -2.08. The molecular formula is C14H13N5O. The number of anilines is 1. The maximum absolute atomic E-state index is 12.3. The molecule has 100 valence electrons. The summed E-state index contributed by atoms with van der Waals surface area (Å²) in [5.41, 5.74) is 1.16. The van der Waals surface area contributed by atoms with E-state index in [1.165, 1.54) is 0 Å². The summed E-state index contributed by atoms with van der Waals surface area (Å²) in [5, 5.41) is 6.96. The number of nitrogens with one attached hydrogen (secondary N) is 1. The van der Waals surface area contributed by atoms with Crippen LogP contribution >= 0.6 is 0 Å². The van der Waals surface area contributed by atoms with Crippen molar-refractivity contribution in [2.75, 3.05) is 5.32 Å². The number of pyridine rings is 1. The number of rotatable bonds is 3. The molecule has 3 heterocycles. The average Bonchev–Trinajstić information content (AvgIpc) is 3.08. The van der Waals surface area contributed by atoms with Crippen LogP contribution < -0.4 is 5.32 Å². The van der Waals surface area contributed by atoms with Crippen molar-refractivity contribution in [3.05, 3.63) is 60.8 Å². The predicted octanol–water partition coefficient (Wildman–Crippen LogP) is 1.86. The first-order valence-corrected chi connectivity index (χ1v) is 6.12. The van der Waals surface area contributed by atoms with Crippen molar-refractivity contribution < 1.29 is 4.79 Å². The van der Waals surface area contributed by atoms with Crippen molar-refractivity contribution >= 4 is 11.6 Å². The van der Waals surface area contributed by atoms with Crippen molar-refractivity contribution in [3.8, 4) is 5.82 Å². The second kappa shape index (κ2) is 5.00. The van der Waals surface area contributed by atoms with Crippen LogP contribution in [0, 0.1) is 0 Å². The van der Waals surface area contributed by atoms with E-state index in [4.69, 9.17) is 0 Å².